The summed E-state index contributed by atoms with van der Waals surface area (Å²) in [5.74, 6) is 1.57. The summed E-state index contributed by atoms with van der Waals surface area (Å²) < 4.78 is 5.17. The summed E-state index contributed by atoms with van der Waals surface area (Å²) in [6, 6.07) is 7.56. The monoisotopic (exact) mass is 317 g/mol. The molecule has 116 valence electrons. The first-order chi connectivity index (χ1) is 10.7. The van der Waals surface area contributed by atoms with Gasteiger partial charge in [0.15, 0.2) is 11.5 Å². The van der Waals surface area contributed by atoms with E-state index in [9.17, 15) is 0 Å². The molecule has 1 aliphatic heterocycles. The minimum Gasteiger partial charge on any atom is -0.497 e. The average Bonchev–Trinajstić information content (AvgIpc) is 3.01. The van der Waals surface area contributed by atoms with E-state index in [0.717, 1.165) is 43.2 Å². The highest BCUT2D eigenvalue weighted by molar-refractivity contribution is 7.80. The Morgan fingerprint density at radius 3 is 2.41 bits per heavy atom. The molecule has 0 unspecified atom stereocenters. The largest absolute Gasteiger partial charge is 0.497 e. The summed E-state index contributed by atoms with van der Waals surface area (Å²) in [5, 5.41) is 9.07. The third-order valence-corrected chi connectivity index (χ3v) is 3.98. The molecule has 6 nitrogen and oxygen atoms in total. The van der Waals surface area contributed by atoms with Gasteiger partial charge in [-0.05, 0) is 43.5 Å². The highest BCUT2D eigenvalue weighted by atomic mass is 32.1. The van der Waals surface area contributed by atoms with Crippen molar-refractivity contribution in [1.29, 1.82) is 0 Å². The molecular formula is C15H19N5OS. The fraction of sp³-hybridized carbons (Fsp3) is 0.400. The van der Waals surface area contributed by atoms with E-state index in [1.165, 1.54) is 6.42 Å². The maximum atomic E-state index is 5.83. The zero-order chi connectivity index (χ0) is 15.5. The van der Waals surface area contributed by atoms with E-state index in [4.69, 9.17) is 22.7 Å². The highest BCUT2D eigenvalue weighted by Crippen LogP contribution is 2.22. The lowest BCUT2D eigenvalue weighted by Crippen LogP contribution is -2.31. The van der Waals surface area contributed by atoms with E-state index in [1.54, 1.807) is 11.9 Å². The van der Waals surface area contributed by atoms with Crippen LogP contribution in [-0.4, -0.2) is 40.2 Å². The van der Waals surface area contributed by atoms with Crippen LogP contribution < -0.4 is 15.4 Å². The Kier molecular flexibility index (Phi) is 4.24. The summed E-state index contributed by atoms with van der Waals surface area (Å²) >= 11 is 5.14. The minimum atomic E-state index is 0.278. The zero-order valence-corrected chi connectivity index (χ0v) is 13.3. The van der Waals surface area contributed by atoms with Crippen LogP contribution in [0.4, 0.5) is 5.82 Å². The Hall–Kier alpha value is -2.15. The summed E-state index contributed by atoms with van der Waals surface area (Å²) in [5.41, 5.74) is 7.27. The van der Waals surface area contributed by atoms with E-state index in [0.29, 0.717) is 5.69 Å². The summed E-state index contributed by atoms with van der Waals surface area (Å²) in [6.07, 6.45) is 3.57. The van der Waals surface area contributed by atoms with Gasteiger partial charge in [0.25, 0.3) is 0 Å². The van der Waals surface area contributed by atoms with Gasteiger partial charge in [-0.1, -0.05) is 12.2 Å². The van der Waals surface area contributed by atoms with Crippen molar-refractivity contribution in [2.24, 2.45) is 5.73 Å². The number of anilines is 1. The van der Waals surface area contributed by atoms with Crippen LogP contribution in [0.5, 0.6) is 5.75 Å². The molecule has 22 heavy (non-hydrogen) atoms. The van der Waals surface area contributed by atoms with Crippen LogP contribution in [0.2, 0.25) is 0 Å². The second-order valence-electron chi connectivity index (χ2n) is 5.27. The lowest BCUT2D eigenvalue weighted by Gasteiger charge is -2.26. The molecule has 1 aliphatic rings. The van der Waals surface area contributed by atoms with E-state index < -0.39 is 0 Å². The van der Waals surface area contributed by atoms with Gasteiger partial charge in [-0.25, -0.2) is 0 Å². The number of rotatable bonds is 4. The lowest BCUT2D eigenvalue weighted by molar-refractivity contribution is 0.414. The van der Waals surface area contributed by atoms with Crippen molar-refractivity contribution in [3.8, 4) is 11.4 Å². The van der Waals surface area contributed by atoms with Crippen molar-refractivity contribution >= 4 is 23.0 Å². The quantitative estimate of drug-likeness (QED) is 0.869. The fourth-order valence-electron chi connectivity index (χ4n) is 2.61. The molecule has 0 saturated carbocycles. The maximum Gasteiger partial charge on any atom is 0.182 e. The fourth-order valence-corrected chi connectivity index (χ4v) is 2.74. The molecule has 2 heterocycles. The normalized spacial score (nSPS) is 14.9. The molecule has 0 atom stereocenters. The van der Waals surface area contributed by atoms with E-state index in [2.05, 4.69) is 15.1 Å². The standard InChI is InChI=1S/C15H19N5OS/c1-21-12-7-5-11(6-8-12)20-17-13(14(16)22)15(18-20)19-9-3-2-4-10-19/h5-8H,2-4,9-10H2,1H3,(H2,16,22). The second kappa shape index (κ2) is 6.31. The number of ether oxygens (including phenoxy) is 1. The number of aromatic nitrogens is 3. The first-order valence-electron chi connectivity index (χ1n) is 7.35. The Morgan fingerprint density at radius 1 is 1.14 bits per heavy atom. The Labute approximate surface area is 134 Å². The third kappa shape index (κ3) is 2.89. The predicted octanol–water partition coefficient (Wildman–Crippen LogP) is 1.90. The SMILES string of the molecule is COc1ccc(-n2nc(C(N)=S)c(N3CCCCC3)n2)cc1. The van der Waals surface area contributed by atoms with Gasteiger partial charge >= 0.3 is 0 Å². The average molecular weight is 317 g/mol. The summed E-state index contributed by atoms with van der Waals surface area (Å²) in [4.78, 5) is 4.07. The van der Waals surface area contributed by atoms with E-state index in [-0.39, 0.29) is 4.99 Å². The number of thiocarbonyl (C=S) groups is 1. The van der Waals surface area contributed by atoms with E-state index in [1.807, 2.05) is 24.3 Å². The van der Waals surface area contributed by atoms with Crippen molar-refractivity contribution < 1.29 is 4.74 Å². The molecule has 0 bridgehead atoms. The first-order valence-corrected chi connectivity index (χ1v) is 7.76. The molecule has 7 heteroatoms. The number of hydrogen-bond acceptors (Lipinski definition) is 5. The van der Waals surface area contributed by atoms with Crippen LogP contribution in [-0.2, 0) is 0 Å². The first kappa shape index (κ1) is 14.8. The smallest absolute Gasteiger partial charge is 0.182 e. The van der Waals surface area contributed by atoms with Gasteiger partial charge < -0.3 is 15.4 Å². The molecular weight excluding hydrogens is 298 g/mol. The van der Waals surface area contributed by atoms with E-state index >= 15 is 0 Å². The Balaban J connectivity index is 1.96. The number of methoxy groups -OCH3 is 1. The van der Waals surface area contributed by atoms with Crippen LogP contribution in [0, 0.1) is 0 Å². The Morgan fingerprint density at radius 2 is 1.82 bits per heavy atom. The number of hydrogen-bond donors (Lipinski definition) is 1. The van der Waals surface area contributed by atoms with Crippen molar-refractivity contribution in [1.82, 2.24) is 15.0 Å². The molecule has 1 fully saturated rings. The highest BCUT2D eigenvalue weighted by Gasteiger charge is 2.21. The van der Waals surface area contributed by atoms with Gasteiger partial charge in [0.05, 0.1) is 12.8 Å². The molecule has 0 aliphatic carbocycles. The van der Waals surface area contributed by atoms with Gasteiger partial charge in [-0.15, -0.1) is 15.0 Å². The molecule has 1 aromatic carbocycles. The molecule has 1 saturated heterocycles. The van der Waals surface area contributed by atoms with Crippen LogP contribution in [0.25, 0.3) is 5.69 Å². The van der Waals surface area contributed by atoms with Gasteiger partial charge in [-0.2, -0.15) is 0 Å². The molecule has 0 amide bonds. The van der Waals surface area contributed by atoms with Crippen molar-refractivity contribution in [3.63, 3.8) is 0 Å². The maximum absolute atomic E-state index is 5.83. The van der Waals surface area contributed by atoms with Gasteiger partial charge in [0, 0.05) is 13.1 Å². The molecule has 0 radical (unpaired) electrons. The van der Waals surface area contributed by atoms with Crippen LogP contribution in [0.3, 0.4) is 0 Å². The summed E-state index contributed by atoms with van der Waals surface area (Å²) in [6.45, 7) is 1.94. The molecule has 1 aromatic heterocycles. The zero-order valence-electron chi connectivity index (χ0n) is 12.5. The molecule has 2 aromatic rings. The number of nitrogens with two attached hydrogens (primary N) is 1. The second-order valence-corrected chi connectivity index (χ2v) is 5.71. The topological polar surface area (TPSA) is 69.2 Å². The van der Waals surface area contributed by atoms with Crippen molar-refractivity contribution in [3.05, 3.63) is 30.0 Å². The number of nitrogens with zero attached hydrogens (tertiary/aromatic N) is 4. The van der Waals surface area contributed by atoms with Crippen molar-refractivity contribution in [2.75, 3.05) is 25.1 Å². The third-order valence-electron chi connectivity index (χ3n) is 3.79. The predicted molar refractivity (Wildman–Crippen MR) is 89.9 cm³/mol. The van der Waals surface area contributed by atoms with Crippen LogP contribution >= 0.6 is 12.2 Å². The van der Waals surface area contributed by atoms with Crippen LogP contribution in [0.15, 0.2) is 24.3 Å². The number of benzene rings is 1. The van der Waals surface area contributed by atoms with Gasteiger partial charge in [-0.3, -0.25) is 0 Å². The minimum absolute atomic E-state index is 0.278. The molecule has 2 N–H and O–H groups in total. The summed E-state index contributed by atoms with van der Waals surface area (Å²) in [7, 11) is 1.64. The van der Waals surface area contributed by atoms with Gasteiger partial charge in [0.1, 0.15) is 10.7 Å². The van der Waals surface area contributed by atoms with Crippen LogP contribution in [0.1, 0.15) is 25.0 Å². The Bertz CT molecular complexity index is 661. The number of piperidine rings is 1. The lowest BCUT2D eigenvalue weighted by atomic mass is 10.1. The molecule has 3 rings (SSSR count). The molecule has 0 spiro atoms. The van der Waals surface area contributed by atoms with Gasteiger partial charge in [0.2, 0.25) is 0 Å². The van der Waals surface area contributed by atoms with Crippen molar-refractivity contribution in [2.45, 2.75) is 19.3 Å².